The zero-order valence-corrected chi connectivity index (χ0v) is 23.1. The Labute approximate surface area is 233 Å². The van der Waals surface area contributed by atoms with Gasteiger partial charge >= 0.3 is 11.9 Å². The van der Waals surface area contributed by atoms with E-state index < -0.39 is 16.9 Å². The predicted octanol–water partition coefficient (Wildman–Crippen LogP) is 4.91. The van der Waals surface area contributed by atoms with Crippen LogP contribution in [0.3, 0.4) is 0 Å². The van der Waals surface area contributed by atoms with Crippen LogP contribution in [0.2, 0.25) is 0 Å². The Morgan fingerprint density at radius 1 is 1.05 bits per heavy atom. The highest BCUT2D eigenvalue weighted by atomic mass is 32.1. The number of nitrogens with one attached hydrogen (secondary N) is 1. The number of carbonyl (C=O) groups is 3. The molecule has 40 heavy (non-hydrogen) atoms. The third-order valence-electron chi connectivity index (χ3n) is 5.76. The topological polar surface area (TPSA) is 175 Å². The number of hydrogen-bond donors (Lipinski definition) is 1. The molecule has 0 unspecified atom stereocenters. The number of hydrogen-bond acceptors (Lipinski definition) is 13. The minimum Gasteiger partial charge on any atom is -0.494 e. The number of fused-ring (bicyclic) bond motifs is 1. The fourth-order valence-corrected chi connectivity index (χ4v) is 4.28. The van der Waals surface area contributed by atoms with E-state index >= 15 is 0 Å². The van der Waals surface area contributed by atoms with Crippen LogP contribution >= 0.6 is 11.5 Å². The predicted molar refractivity (Wildman–Crippen MR) is 148 cm³/mol. The number of nitrogens with zero attached hydrogens (tertiary/aromatic N) is 5. The molecule has 0 saturated carbocycles. The van der Waals surface area contributed by atoms with Crippen molar-refractivity contribution in [1.82, 2.24) is 4.37 Å². The largest absolute Gasteiger partial charge is 0.494 e. The third-order valence-corrected chi connectivity index (χ3v) is 6.52. The average Bonchev–Trinajstić information content (AvgIpc) is 3.37. The van der Waals surface area contributed by atoms with Crippen molar-refractivity contribution in [2.24, 2.45) is 10.2 Å². The monoisotopic (exact) mass is 572 g/mol. The maximum atomic E-state index is 12.4. The third kappa shape index (κ3) is 7.47. The number of ether oxygens (including phenoxy) is 3. The van der Waals surface area contributed by atoms with E-state index in [1.54, 1.807) is 24.0 Å². The number of nitro groups is 1. The molecule has 3 aromatic rings. The van der Waals surface area contributed by atoms with Crippen LogP contribution in [0.4, 0.5) is 27.8 Å². The van der Waals surface area contributed by atoms with Crippen LogP contribution in [-0.2, 0) is 23.9 Å². The highest BCUT2D eigenvalue weighted by Crippen LogP contribution is 2.41. The van der Waals surface area contributed by atoms with Gasteiger partial charge in [0.15, 0.2) is 5.00 Å². The van der Waals surface area contributed by atoms with Gasteiger partial charge in [-0.3, -0.25) is 24.5 Å². The summed E-state index contributed by atoms with van der Waals surface area (Å²) < 4.78 is 19.4. The Balaban J connectivity index is 2.07. The van der Waals surface area contributed by atoms with Crippen LogP contribution in [0.15, 0.2) is 40.6 Å². The molecule has 0 spiro atoms. The van der Waals surface area contributed by atoms with Crippen molar-refractivity contribution in [3.8, 4) is 5.75 Å². The number of azo groups is 1. The molecule has 0 fully saturated rings. The first-order valence-electron chi connectivity index (χ1n) is 12.1. The van der Waals surface area contributed by atoms with Gasteiger partial charge in [-0.1, -0.05) is 6.92 Å². The smallest absolute Gasteiger partial charge is 0.307 e. The normalized spacial score (nSPS) is 10.9. The maximum Gasteiger partial charge on any atom is 0.307 e. The molecular weight excluding hydrogens is 544 g/mol. The van der Waals surface area contributed by atoms with Crippen LogP contribution in [0.1, 0.15) is 26.2 Å². The molecule has 1 amide bonds. The van der Waals surface area contributed by atoms with E-state index in [1.165, 1.54) is 39.5 Å². The van der Waals surface area contributed by atoms with Crippen molar-refractivity contribution in [1.29, 1.82) is 0 Å². The maximum absolute atomic E-state index is 12.4. The van der Waals surface area contributed by atoms with Crippen molar-refractivity contribution in [2.45, 2.75) is 26.2 Å². The van der Waals surface area contributed by atoms with E-state index in [0.717, 1.165) is 11.5 Å². The number of anilines is 2. The van der Waals surface area contributed by atoms with Crippen molar-refractivity contribution in [2.75, 3.05) is 44.6 Å². The Hall–Kier alpha value is -4.66. The van der Waals surface area contributed by atoms with Crippen LogP contribution < -0.4 is 15.0 Å². The second kappa shape index (κ2) is 13.9. The SMILES string of the molecule is CCC(=O)Nc1cc(N(CCC(=O)OC)CCC(=O)OC)c(OC)cc1/N=N/c1snc2ccc([N+](=O)[O-])cc12. The molecule has 0 atom stereocenters. The zero-order chi connectivity index (χ0) is 29.2. The second-order valence-electron chi connectivity index (χ2n) is 8.23. The molecule has 1 N–H and O–H groups in total. The van der Waals surface area contributed by atoms with Gasteiger partial charge in [0, 0.05) is 43.1 Å². The van der Waals surface area contributed by atoms with Gasteiger partial charge in [-0.15, -0.1) is 10.2 Å². The fraction of sp³-hybridized carbons (Fsp3) is 0.360. The Morgan fingerprint density at radius 2 is 1.73 bits per heavy atom. The molecule has 0 radical (unpaired) electrons. The highest BCUT2D eigenvalue weighted by Gasteiger charge is 2.20. The van der Waals surface area contributed by atoms with Gasteiger partial charge in [0.25, 0.3) is 5.69 Å². The highest BCUT2D eigenvalue weighted by molar-refractivity contribution is 7.11. The van der Waals surface area contributed by atoms with Crippen LogP contribution in [0.5, 0.6) is 5.75 Å². The molecule has 2 aromatic carbocycles. The molecule has 3 rings (SSSR count). The molecule has 14 nitrogen and oxygen atoms in total. The van der Waals surface area contributed by atoms with Gasteiger partial charge in [-0.05, 0) is 23.7 Å². The first kappa shape index (κ1) is 29.9. The molecule has 15 heteroatoms. The van der Waals surface area contributed by atoms with Crippen LogP contribution in [0.25, 0.3) is 10.9 Å². The van der Waals surface area contributed by atoms with Gasteiger partial charge < -0.3 is 24.4 Å². The second-order valence-corrected chi connectivity index (χ2v) is 8.98. The van der Waals surface area contributed by atoms with Gasteiger partial charge in [-0.2, -0.15) is 4.37 Å². The van der Waals surface area contributed by atoms with E-state index in [4.69, 9.17) is 14.2 Å². The van der Waals surface area contributed by atoms with Gasteiger partial charge in [0.05, 0.1) is 56.0 Å². The van der Waals surface area contributed by atoms with Crippen molar-refractivity contribution in [3.05, 3.63) is 40.4 Å². The summed E-state index contributed by atoms with van der Waals surface area (Å²) in [6.45, 7) is 2.07. The molecular formula is C25H28N6O8S. The lowest BCUT2D eigenvalue weighted by Gasteiger charge is -2.27. The number of rotatable bonds is 13. The lowest BCUT2D eigenvalue weighted by Crippen LogP contribution is -2.29. The van der Waals surface area contributed by atoms with Gasteiger partial charge in [0.1, 0.15) is 11.4 Å². The summed E-state index contributed by atoms with van der Waals surface area (Å²) in [6.07, 6.45) is 0.253. The molecule has 212 valence electrons. The number of carbonyl (C=O) groups excluding carboxylic acids is 3. The number of benzene rings is 2. The first-order valence-corrected chi connectivity index (χ1v) is 12.8. The Kier molecular flexibility index (Phi) is 10.4. The van der Waals surface area contributed by atoms with Crippen LogP contribution in [0, 0.1) is 10.1 Å². The summed E-state index contributed by atoms with van der Waals surface area (Å²) in [5.41, 5.74) is 1.45. The molecule has 0 bridgehead atoms. The van der Waals surface area contributed by atoms with E-state index in [-0.39, 0.29) is 49.6 Å². The van der Waals surface area contributed by atoms with E-state index in [0.29, 0.717) is 33.0 Å². The summed E-state index contributed by atoms with van der Waals surface area (Å²) in [4.78, 5) is 48.5. The van der Waals surface area contributed by atoms with Crippen molar-refractivity contribution < 1.29 is 33.5 Å². The minimum atomic E-state index is -0.508. The van der Waals surface area contributed by atoms with E-state index in [1.807, 2.05) is 0 Å². The molecule has 1 heterocycles. The lowest BCUT2D eigenvalue weighted by atomic mass is 10.1. The fourth-order valence-electron chi connectivity index (χ4n) is 3.60. The average molecular weight is 573 g/mol. The van der Waals surface area contributed by atoms with E-state index in [9.17, 15) is 24.5 Å². The van der Waals surface area contributed by atoms with Crippen molar-refractivity contribution >= 4 is 68.0 Å². The number of nitro benzene ring substituents is 1. The Bertz CT molecular complexity index is 1420. The minimum absolute atomic E-state index is 0.0313. The number of non-ortho nitro benzene ring substituents is 1. The van der Waals surface area contributed by atoms with Gasteiger partial charge in [0.2, 0.25) is 5.91 Å². The van der Waals surface area contributed by atoms with Gasteiger partial charge in [-0.25, -0.2) is 0 Å². The lowest BCUT2D eigenvalue weighted by molar-refractivity contribution is -0.384. The summed E-state index contributed by atoms with van der Waals surface area (Å²) in [6, 6.07) is 7.43. The summed E-state index contributed by atoms with van der Waals surface area (Å²) in [5.74, 6) is -0.835. The van der Waals surface area contributed by atoms with Crippen molar-refractivity contribution in [3.63, 3.8) is 0 Å². The quantitative estimate of drug-likeness (QED) is 0.128. The standard InChI is InChI=1S/C25H28N6O8S/c1-5-22(32)26-18-13-20(30(10-8-23(33)38-3)11-9-24(34)39-4)21(37-2)14-19(18)27-28-25-16-12-15(31(35)36)6-7-17(16)29-40-25/h6-7,12-14H,5,8-11H2,1-4H3,(H,26,32)/b28-27+. The molecule has 0 aliphatic heterocycles. The van der Waals surface area contributed by atoms with E-state index in [2.05, 4.69) is 19.9 Å². The molecule has 0 aliphatic carbocycles. The zero-order valence-electron chi connectivity index (χ0n) is 22.3. The number of methoxy groups -OCH3 is 3. The summed E-state index contributed by atoms with van der Waals surface area (Å²) >= 11 is 1.02. The Morgan fingerprint density at radius 3 is 2.30 bits per heavy atom. The molecule has 1 aromatic heterocycles. The molecule has 0 saturated heterocycles. The summed E-state index contributed by atoms with van der Waals surface area (Å²) in [7, 11) is 4.01. The number of aromatic nitrogens is 1. The summed E-state index contributed by atoms with van der Waals surface area (Å²) in [5, 5.41) is 23.4. The number of amides is 1. The van der Waals surface area contributed by atoms with Crippen LogP contribution in [-0.4, -0.2) is 61.6 Å². The number of esters is 2. The first-order chi connectivity index (χ1) is 19.2. The molecule has 0 aliphatic rings.